The fourth-order valence-electron chi connectivity index (χ4n) is 1.95. The molecule has 0 bridgehead atoms. The molecule has 0 heterocycles. The Morgan fingerprint density at radius 1 is 1.14 bits per heavy atom. The van der Waals surface area contributed by atoms with Crippen molar-refractivity contribution in [1.82, 2.24) is 0 Å². The minimum Gasteiger partial charge on any atom is -0.464 e. The molecule has 0 N–H and O–H groups in total. The molecule has 0 aliphatic rings. The second-order valence-corrected chi connectivity index (χ2v) is 4.92. The minimum atomic E-state index is -0.731. The zero-order valence-corrected chi connectivity index (χ0v) is 12.5. The van der Waals surface area contributed by atoms with Crippen LogP contribution in [0.25, 0.3) is 0 Å². The molecule has 0 amide bonds. The summed E-state index contributed by atoms with van der Waals surface area (Å²) >= 11 is 5.94. The quantitative estimate of drug-likeness (QED) is 0.752. The molecule has 0 aliphatic heterocycles. The summed E-state index contributed by atoms with van der Waals surface area (Å²) in [6, 6.07) is 16.7. The second-order valence-electron chi connectivity index (χ2n) is 4.48. The van der Waals surface area contributed by atoms with Crippen molar-refractivity contribution in [3.63, 3.8) is 0 Å². The van der Waals surface area contributed by atoms with E-state index in [1.165, 1.54) is 0 Å². The Labute approximate surface area is 129 Å². The Kier molecular flexibility index (Phi) is 5.78. The first-order chi connectivity index (χ1) is 10.2. The van der Waals surface area contributed by atoms with Crippen LogP contribution in [-0.2, 0) is 20.9 Å². The van der Waals surface area contributed by atoms with Crippen molar-refractivity contribution in [2.45, 2.75) is 19.6 Å². The molecule has 110 valence electrons. The maximum Gasteiger partial charge on any atom is 0.339 e. The topological polar surface area (TPSA) is 35.5 Å². The van der Waals surface area contributed by atoms with Crippen molar-refractivity contribution in [2.24, 2.45) is 0 Å². The van der Waals surface area contributed by atoms with E-state index in [1.807, 2.05) is 48.5 Å². The summed E-state index contributed by atoms with van der Waals surface area (Å²) < 4.78 is 10.8. The average Bonchev–Trinajstić information content (AvgIpc) is 2.49. The summed E-state index contributed by atoms with van der Waals surface area (Å²) in [6.07, 6.45) is -0.731. The van der Waals surface area contributed by atoms with Gasteiger partial charge >= 0.3 is 5.97 Å². The molecule has 21 heavy (non-hydrogen) atoms. The lowest BCUT2D eigenvalue weighted by molar-refractivity contribution is -0.158. The van der Waals surface area contributed by atoms with Crippen molar-refractivity contribution in [3.05, 3.63) is 70.7 Å². The number of carbonyl (C=O) groups is 1. The number of benzene rings is 2. The molecule has 2 aromatic rings. The lowest BCUT2D eigenvalue weighted by Crippen LogP contribution is -2.19. The second kappa shape index (κ2) is 7.81. The highest BCUT2D eigenvalue weighted by atomic mass is 35.5. The lowest BCUT2D eigenvalue weighted by Gasteiger charge is -2.17. The van der Waals surface area contributed by atoms with Gasteiger partial charge in [-0.15, -0.1) is 0 Å². The van der Waals surface area contributed by atoms with Crippen LogP contribution in [-0.4, -0.2) is 12.6 Å². The molecule has 4 heteroatoms. The van der Waals surface area contributed by atoms with Gasteiger partial charge in [0, 0.05) is 5.02 Å². The van der Waals surface area contributed by atoms with Gasteiger partial charge in [-0.3, -0.25) is 0 Å². The molecule has 1 atom stereocenters. The Morgan fingerprint density at radius 2 is 1.90 bits per heavy atom. The minimum absolute atomic E-state index is 0.291. The molecule has 1 unspecified atom stereocenters. The Balaban J connectivity index is 2.11. The van der Waals surface area contributed by atoms with Gasteiger partial charge in [-0.2, -0.15) is 0 Å². The fraction of sp³-hybridized carbons (Fsp3) is 0.235. The van der Waals surface area contributed by atoms with Gasteiger partial charge in [0.2, 0.25) is 0 Å². The van der Waals surface area contributed by atoms with Gasteiger partial charge in [0.15, 0.2) is 6.10 Å². The summed E-state index contributed by atoms with van der Waals surface area (Å²) in [5, 5.41) is 0.642. The maximum absolute atomic E-state index is 12.1. The average molecular weight is 305 g/mol. The largest absolute Gasteiger partial charge is 0.464 e. The molecule has 3 nitrogen and oxygen atoms in total. The third kappa shape index (κ3) is 4.59. The molecular formula is C17H17ClO3. The molecule has 0 saturated heterocycles. The highest BCUT2D eigenvalue weighted by Gasteiger charge is 2.22. The van der Waals surface area contributed by atoms with E-state index >= 15 is 0 Å². The van der Waals surface area contributed by atoms with Gasteiger partial charge < -0.3 is 9.47 Å². The number of carbonyl (C=O) groups excluding carboxylic acids is 1. The smallest absolute Gasteiger partial charge is 0.339 e. The fourth-order valence-corrected chi connectivity index (χ4v) is 2.17. The molecule has 0 spiro atoms. The van der Waals surface area contributed by atoms with Crippen LogP contribution in [0.3, 0.4) is 0 Å². The molecule has 2 rings (SSSR count). The van der Waals surface area contributed by atoms with Crippen LogP contribution in [0.15, 0.2) is 54.6 Å². The van der Waals surface area contributed by atoms with Gasteiger partial charge in [0.25, 0.3) is 0 Å². The molecular weight excluding hydrogens is 288 g/mol. The van der Waals surface area contributed by atoms with E-state index in [-0.39, 0.29) is 5.97 Å². The number of ether oxygens (including phenoxy) is 2. The maximum atomic E-state index is 12.1. The Bertz CT molecular complexity index is 584. The number of hydrogen-bond acceptors (Lipinski definition) is 3. The summed E-state index contributed by atoms with van der Waals surface area (Å²) in [7, 11) is 0. The van der Waals surface area contributed by atoms with Crippen molar-refractivity contribution >= 4 is 17.6 Å². The first-order valence-electron chi connectivity index (χ1n) is 6.78. The van der Waals surface area contributed by atoms with E-state index < -0.39 is 6.10 Å². The van der Waals surface area contributed by atoms with Crippen molar-refractivity contribution in [2.75, 3.05) is 6.61 Å². The summed E-state index contributed by atoms with van der Waals surface area (Å²) in [6.45, 7) is 2.39. The molecule has 0 saturated carbocycles. The zero-order chi connectivity index (χ0) is 15.1. The van der Waals surface area contributed by atoms with Gasteiger partial charge in [-0.1, -0.05) is 54.1 Å². The van der Waals surface area contributed by atoms with E-state index in [0.29, 0.717) is 18.2 Å². The van der Waals surface area contributed by atoms with Crippen LogP contribution in [0.5, 0.6) is 0 Å². The van der Waals surface area contributed by atoms with Crippen LogP contribution < -0.4 is 0 Å². The molecule has 0 aromatic heterocycles. The predicted molar refractivity (Wildman–Crippen MR) is 82.1 cm³/mol. The third-order valence-electron chi connectivity index (χ3n) is 2.91. The standard InChI is InChI=1S/C17H17ClO3/c1-2-20-17(19)16(14-8-4-3-5-9-14)21-12-13-7-6-10-15(18)11-13/h3-11,16H,2,12H2,1H3. The Morgan fingerprint density at radius 3 is 2.57 bits per heavy atom. The lowest BCUT2D eigenvalue weighted by atomic mass is 10.1. The third-order valence-corrected chi connectivity index (χ3v) is 3.14. The number of hydrogen-bond donors (Lipinski definition) is 0. The van der Waals surface area contributed by atoms with Crippen molar-refractivity contribution < 1.29 is 14.3 Å². The van der Waals surface area contributed by atoms with E-state index in [9.17, 15) is 4.79 Å². The van der Waals surface area contributed by atoms with E-state index in [2.05, 4.69) is 0 Å². The van der Waals surface area contributed by atoms with Crippen LogP contribution in [0.2, 0.25) is 5.02 Å². The van der Waals surface area contributed by atoms with E-state index in [4.69, 9.17) is 21.1 Å². The van der Waals surface area contributed by atoms with Gasteiger partial charge in [-0.25, -0.2) is 4.79 Å². The zero-order valence-electron chi connectivity index (χ0n) is 11.8. The molecule has 2 aromatic carbocycles. The summed E-state index contributed by atoms with van der Waals surface area (Å²) in [5.74, 6) is -0.384. The van der Waals surface area contributed by atoms with Gasteiger partial charge in [-0.05, 0) is 30.2 Å². The highest BCUT2D eigenvalue weighted by Crippen LogP contribution is 2.21. The van der Waals surface area contributed by atoms with Crippen molar-refractivity contribution in [3.8, 4) is 0 Å². The number of rotatable bonds is 6. The Hall–Kier alpha value is -1.84. The number of esters is 1. The summed E-state index contributed by atoms with van der Waals surface area (Å²) in [4.78, 5) is 12.1. The van der Waals surface area contributed by atoms with Gasteiger partial charge in [0.05, 0.1) is 13.2 Å². The number of halogens is 1. The summed E-state index contributed by atoms with van der Waals surface area (Å²) in [5.41, 5.74) is 1.69. The van der Waals surface area contributed by atoms with Crippen LogP contribution >= 0.6 is 11.6 Å². The van der Waals surface area contributed by atoms with Crippen molar-refractivity contribution in [1.29, 1.82) is 0 Å². The normalized spacial score (nSPS) is 11.9. The molecule has 0 aliphatic carbocycles. The SMILES string of the molecule is CCOC(=O)C(OCc1cccc(Cl)c1)c1ccccc1. The van der Waals surface area contributed by atoms with Crippen LogP contribution in [0.1, 0.15) is 24.2 Å². The highest BCUT2D eigenvalue weighted by molar-refractivity contribution is 6.30. The van der Waals surface area contributed by atoms with Crippen LogP contribution in [0, 0.1) is 0 Å². The van der Waals surface area contributed by atoms with Crippen LogP contribution in [0.4, 0.5) is 0 Å². The first kappa shape index (κ1) is 15.5. The van der Waals surface area contributed by atoms with Gasteiger partial charge in [0.1, 0.15) is 0 Å². The van der Waals surface area contributed by atoms with E-state index in [1.54, 1.807) is 13.0 Å². The first-order valence-corrected chi connectivity index (χ1v) is 7.16. The monoisotopic (exact) mass is 304 g/mol. The van der Waals surface area contributed by atoms with E-state index in [0.717, 1.165) is 11.1 Å². The molecule has 0 fully saturated rings. The predicted octanol–water partition coefficient (Wildman–Crippen LogP) is 4.16. The molecule has 0 radical (unpaired) electrons.